The molecule has 170 valence electrons. The Labute approximate surface area is 190 Å². The molecular weight excluding hydrogens is 400 g/mol. The molecule has 0 saturated heterocycles. The third kappa shape index (κ3) is 2.69. The average Bonchev–Trinajstić information content (AvgIpc) is 2.70. The Morgan fingerprint density at radius 1 is 1.19 bits per heavy atom. The molecule has 5 unspecified atom stereocenters. The summed E-state index contributed by atoms with van der Waals surface area (Å²) >= 11 is 0. The van der Waals surface area contributed by atoms with Crippen molar-refractivity contribution in [2.45, 2.75) is 64.6 Å². The highest BCUT2D eigenvalue weighted by Crippen LogP contribution is 2.60. The van der Waals surface area contributed by atoms with Crippen molar-refractivity contribution >= 4 is 5.57 Å². The number of aryl methyl sites for hydroxylation is 1. The predicted octanol–water partition coefficient (Wildman–Crippen LogP) is 5.75. The van der Waals surface area contributed by atoms with Gasteiger partial charge in [-0.25, -0.2) is 0 Å². The molecule has 0 saturated carbocycles. The second-order valence-electron chi connectivity index (χ2n) is 10.1. The molecule has 4 N–H and O–H groups in total. The van der Waals surface area contributed by atoms with Crippen LogP contribution in [0.3, 0.4) is 0 Å². The Balaban J connectivity index is 2.02. The van der Waals surface area contributed by atoms with Crippen molar-refractivity contribution in [3.8, 4) is 0 Å². The summed E-state index contributed by atoms with van der Waals surface area (Å²) < 4.78 is 0. The third-order valence-corrected chi connectivity index (χ3v) is 7.89. The summed E-state index contributed by atoms with van der Waals surface area (Å²) in [5, 5.41) is 45.7. The van der Waals surface area contributed by atoms with Crippen LogP contribution in [0.5, 0.6) is 0 Å². The monoisotopic (exact) mass is 434 g/mol. The van der Waals surface area contributed by atoms with Crippen LogP contribution in [0.2, 0.25) is 0 Å². The van der Waals surface area contributed by atoms with E-state index in [1.165, 1.54) is 5.56 Å². The number of benzene rings is 1. The lowest BCUT2D eigenvalue weighted by Gasteiger charge is -2.53. The fraction of sp³-hybridized carbons (Fsp3) is 0.429. The normalized spacial score (nSPS) is 32.1. The molecule has 4 nitrogen and oxygen atoms in total. The predicted molar refractivity (Wildman–Crippen MR) is 129 cm³/mol. The highest BCUT2D eigenvalue weighted by molar-refractivity contribution is 5.86. The van der Waals surface area contributed by atoms with Gasteiger partial charge in [-0.1, -0.05) is 52.6 Å². The summed E-state index contributed by atoms with van der Waals surface area (Å²) in [6.07, 6.45) is -0.971. The minimum absolute atomic E-state index is 0.0314. The maximum Gasteiger partial charge on any atom is 0.152 e. The SMILES string of the molecule is C=C(C)C1=C(O)CC2C(O)C3C(=C(O)C2(O)C1=C)C(=C)c1c(C)ccc(C(C)C)c1C3C. The number of hydrogen-bond acceptors (Lipinski definition) is 4. The molecule has 0 amide bonds. The molecule has 0 heterocycles. The first-order chi connectivity index (χ1) is 14.8. The first kappa shape index (κ1) is 22.6. The van der Waals surface area contributed by atoms with Gasteiger partial charge < -0.3 is 20.4 Å². The molecule has 0 fully saturated rings. The molecule has 32 heavy (non-hydrogen) atoms. The Bertz CT molecular complexity index is 1130. The smallest absolute Gasteiger partial charge is 0.152 e. The minimum atomic E-state index is -1.89. The maximum absolute atomic E-state index is 11.8. The van der Waals surface area contributed by atoms with Gasteiger partial charge in [0, 0.05) is 29.4 Å². The molecule has 0 aliphatic heterocycles. The quantitative estimate of drug-likeness (QED) is 0.478. The van der Waals surface area contributed by atoms with Crippen molar-refractivity contribution < 1.29 is 20.4 Å². The lowest BCUT2D eigenvalue weighted by atomic mass is 9.54. The van der Waals surface area contributed by atoms with E-state index in [9.17, 15) is 20.4 Å². The van der Waals surface area contributed by atoms with E-state index in [0.29, 0.717) is 22.3 Å². The van der Waals surface area contributed by atoms with Crippen LogP contribution in [0.4, 0.5) is 0 Å². The van der Waals surface area contributed by atoms with E-state index in [2.05, 4.69) is 52.6 Å². The van der Waals surface area contributed by atoms with Crippen LogP contribution < -0.4 is 0 Å². The molecule has 0 bridgehead atoms. The van der Waals surface area contributed by atoms with Crippen molar-refractivity contribution in [3.63, 3.8) is 0 Å². The van der Waals surface area contributed by atoms with Gasteiger partial charge in [-0.15, -0.1) is 0 Å². The summed E-state index contributed by atoms with van der Waals surface area (Å²) in [6, 6.07) is 4.21. The van der Waals surface area contributed by atoms with Crippen LogP contribution in [0.15, 0.2) is 65.7 Å². The average molecular weight is 435 g/mol. The molecule has 0 spiro atoms. The van der Waals surface area contributed by atoms with E-state index in [0.717, 1.165) is 16.7 Å². The van der Waals surface area contributed by atoms with Crippen molar-refractivity contribution in [3.05, 3.63) is 87.9 Å². The van der Waals surface area contributed by atoms with E-state index < -0.39 is 23.5 Å². The highest BCUT2D eigenvalue weighted by Gasteiger charge is 2.60. The van der Waals surface area contributed by atoms with Crippen LogP contribution in [-0.2, 0) is 0 Å². The Kier molecular flexibility index (Phi) is 5.11. The number of aliphatic hydroxyl groups excluding tert-OH is 3. The van der Waals surface area contributed by atoms with E-state index in [-0.39, 0.29) is 35.3 Å². The Morgan fingerprint density at radius 2 is 1.81 bits per heavy atom. The third-order valence-electron chi connectivity index (χ3n) is 7.89. The molecule has 4 heteroatoms. The molecule has 1 aromatic rings. The van der Waals surface area contributed by atoms with Gasteiger partial charge in [0.1, 0.15) is 11.5 Å². The van der Waals surface area contributed by atoms with Crippen LogP contribution in [-0.4, -0.2) is 32.1 Å². The van der Waals surface area contributed by atoms with E-state index in [1.807, 2.05) is 6.92 Å². The van der Waals surface area contributed by atoms with Crippen LogP contribution in [0, 0.1) is 18.8 Å². The van der Waals surface area contributed by atoms with Crippen molar-refractivity contribution in [1.29, 1.82) is 0 Å². The van der Waals surface area contributed by atoms with Crippen LogP contribution in [0.25, 0.3) is 5.57 Å². The zero-order valence-electron chi connectivity index (χ0n) is 19.7. The summed E-state index contributed by atoms with van der Waals surface area (Å²) in [5.74, 6) is -1.27. The van der Waals surface area contributed by atoms with Crippen molar-refractivity contribution in [1.82, 2.24) is 0 Å². The first-order valence-corrected chi connectivity index (χ1v) is 11.3. The molecule has 0 radical (unpaired) electrons. The number of hydrogen-bond donors (Lipinski definition) is 4. The van der Waals surface area contributed by atoms with Crippen LogP contribution >= 0.6 is 0 Å². The molecule has 3 aliphatic carbocycles. The van der Waals surface area contributed by atoms with Gasteiger partial charge in [0.15, 0.2) is 5.60 Å². The van der Waals surface area contributed by atoms with Gasteiger partial charge >= 0.3 is 0 Å². The van der Waals surface area contributed by atoms with E-state index in [1.54, 1.807) is 6.92 Å². The number of rotatable bonds is 2. The summed E-state index contributed by atoms with van der Waals surface area (Å²) in [6.45, 7) is 22.4. The van der Waals surface area contributed by atoms with Gasteiger partial charge in [-0.05, 0) is 64.7 Å². The summed E-state index contributed by atoms with van der Waals surface area (Å²) in [7, 11) is 0. The second-order valence-corrected chi connectivity index (χ2v) is 10.1. The fourth-order valence-corrected chi connectivity index (χ4v) is 6.36. The zero-order valence-corrected chi connectivity index (χ0v) is 19.7. The van der Waals surface area contributed by atoms with Gasteiger partial charge in [0.2, 0.25) is 0 Å². The maximum atomic E-state index is 11.8. The molecule has 1 aromatic carbocycles. The molecular formula is C28H34O4. The lowest BCUT2D eigenvalue weighted by Crippen LogP contribution is -2.57. The van der Waals surface area contributed by atoms with E-state index >= 15 is 0 Å². The van der Waals surface area contributed by atoms with Crippen LogP contribution in [0.1, 0.15) is 68.2 Å². The summed E-state index contributed by atoms with van der Waals surface area (Å²) in [5.41, 5.74) is 4.68. The molecule has 4 rings (SSSR count). The number of aliphatic hydroxyl groups is 4. The van der Waals surface area contributed by atoms with Gasteiger partial charge in [-0.2, -0.15) is 0 Å². The van der Waals surface area contributed by atoms with Gasteiger partial charge in [0.25, 0.3) is 0 Å². The van der Waals surface area contributed by atoms with Gasteiger partial charge in [0.05, 0.1) is 6.10 Å². The molecule has 5 atom stereocenters. The van der Waals surface area contributed by atoms with Crippen molar-refractivity contribution in [2.24, 2.45) is 11.8 Å². The highest BCUT2D eigenvalue weighted by atomic mass is 16.3. The Morgan fingerprint density at radius 3 is 2.38 bits per heavy atom. The van der Waals surface area contributed by atoms with Gasteiger partial charge in [-0.3, -0.25) is 0 Å². The van der Waals surface area contributed by atoms with Crippen molar-refractivity contribution in [2.75, 3.05) is 0 Å². The Hall–Kier alpha value is -2.56. The lowest BCUT2D eigenvalue weighted by molar-refractivity contribution is -0.0848. The standard InChI is InChI=1S/C28H34O4/c1-12(2)18-10-9-14(5)22-15(6)25-24(16(7)23(18)22)26(30)19-11-20(29)21(13(3)4)17(8)28(19,32)27(25)31/h9-10,12,16,19,24,26,29-32H,3,6,8,11H2,1-2,4-5,7H3. The summed E-state index contributed by atoms with van der Waals surface area (Å²) in [4.78, 5) is 0. The second kappa shape index (κ2) is 7.23. The molecule has 3 aliphatic rings. The minimum Gasteiger partial charge on any atom is -0.512 e. The van der Waals surface area contributed by atoms with E-state index in [4.69, 9.17) is 0 Å². The number of allylic oxidation sites excluding steroid dienone is 3. The largest absolute Gasteiger partial charge is 0.512 e. The fourth-order valence-electron chi connectivity index (χ4n) is 6.36. The molecule has 0 aromatic heterocycles. The number of fused-ring (bicyclic) bond motifs is 3. The zero-order chi connectivity index (χ0) is 23.9. The first-order valence-electron chi connectivity index (χ1n) is 11.3. The topological polar surface area (TPSA) is 80.9 Å².